The van der Waals surface area contributed by atoms with Crippen molar-refractivity contribution in [2.75, 3.05) is 13.1 Å². The van der Waals surface area contributed by atoms with E-state index in [0.29, 0.717) is 12.0 Å². The number of fused-ring (bicyclic) bond motifs is 1. The average Bonchev–Trinajstić information content (AvgIpc) is 3.52. The minimum Gasteiger partial charge on any atom is -0.296 e. The molecule has 0 bridgehead atoms. The molecule has 5 nitrogen and oxygen atoms in total. The van der Waals surface area contributed by atoms with E-state index in [-0.39, 0.29) is 11.7 Å². The van der Waals surface area contributed by atoms with E-state index in [0.717, 1.165) is 50.1 Å². The molecule has 0 radical (unpaired) electrons. The molecule has 3 heterocycles. The Balaban J connectivity index is 1.17. The molecule has 2 fully saturated rings. The molecule has 32 heavy (non-hydrogen) atoms. The predicted octanol–water partition coefficient (Wildman–Crippen LogP) is 4.70. The highest BCUT2D eigenvalue weighted by molar-refractivity contribution is 5.91. The summed E-state index contributed by atoms with van der Waals surface area (Å²) >= 11 is 0. The largest absolute Gasteiger partial charge is 0.330 e. The number of benzene rings is 2. The lowest BCUT2D eigenvalue weighted by Gasteiger charge is -2.36. The maximum Gasteiger partial charge on any atom is 0.330 e. The summed E-state index contributed by atoms with van der Waals surface area (Å²) in [5, 5.41) is 2.83. The van der Waals surface area contributed by atoms with Gasteiger partial charge < -0.3 is 0 Å². The third-order valence-electron chi connectivity index (χ3n) is 7.96. The van der Waals surface area contributed by atoms with Crippen LogP contribution in [0.15, 0.2) is 59.5 Å². The predicted molar refractivity (Wildman–Crippen MR) is 127 cm³/mol. The molecule has 4 aromatic rings. The molecule has 1 atom stereocenters. The van der Waals surface area contributed by atoms with E-state index in [4.69, 9.17) is 0 Å². The number of pyridine rings is 1. The van der Waals surface area contributed by atoms with Crippen LogP contribution in [0.3, 0.4) is 0 Å². The molecule has 1 unspecified atom stereocenters. The van der Waals surface area contributed by atoms with Crippen molar-refractivity contribution >= 4 is 21.9 Å². The first kappa shape index (κ1) is 18.6. The summed E-state index contributed by atoms with van der Waals surface area (Å²) in [6, 6.07) is 18.2. The number of aromatic nitrogens is 3. The van der Waals surface area contributed by atoms with Crippen molar-refractivity contribution < 1.29 is 0 Å². The molecule has 2 aromatic carbocycles. The minimum atomic E-state index is 0.141. The molecule has 0 N–H and O–H groups in total. The van der Waals surface area contributed by atoms with E-state index in [1.165, 1.54) is 34.7 Å². The van der Waals surface area contributed by atoms with Crippen molar-refractivity contribution in [1.82, 2.24) is 19.0 Å². The Labute approximate surface area is 187 Å². The van der Waals surface area contributed by atoms with Gasteiger partial charge in [-0.25, -0.2) is 9.78 Å². The van der Waals surface area contributed by atoms with Gasteiger partial charge in [-0.05, 0) is 72.1 Å². The van der Waals surface area contributed by atoms with Crippen LogP contribution in [0.25, 0.3) is 21.9 Å². The van der Waals surface area contributed by atoms with Crippen LogP contribution in [0.1, 0.15) is 48.9 Å². The molecule has 3 aliphatic rings. The van der Waals surface area contributed by atoms with E-state index < -0.39 is 0 Å². The van der Waals surface area contributed by atoms with E-state index >= 15 is 0 Å². The lowest BCUT2D eigenvalue weighted by Crippen LogP contribution is -2.39. The molecule has 162 valence electrons. The Morgan fingerprint density at radius 2 is 1.75 bits per heavy atom. The number of piperidine rings is 1. The first-order valence-electron chi connectivity index (χ1n) is 12.1. The van der Waals surface area contributed by atoms with Crippen molar-refractivity contribution in [1.29, 1.82) is 0 Å². The van der Waals surface area contributed by atoms with Crippen molar-refractivity contribution in [3.63, 3.8) is 0 Å². The van der Waals surface area contributed by atoms with Crippen LogP contribution in [-0.2, 0) is 13.0 Å². The first-order chi connectivity index (χ1) is 15.8. The molecule has 2 aliphatic carbocycles. The fourth-order valence-corrected chi connectivity index (χ4v) is 6.18. The Morgan fingerprint density at radius 3 is 2.56 bits per heavy atom. The zero-order valence-corrected chi connectivity index (χ0v) is 18.3. The molecular weight excluding hydrogens is 396 g/mol. The summed E-state index contributed by atoms with van der Waals surface area (Å²) in [7, 11) is 0. The Hall–Kier alpha value is -2.92. The molecule has 5 heteroatoms. The summed E-state index contributed by atoms with van der Waals surface area (Å²) in [5.74, 6) is 0.655. The van der Waals surface area contributed by atoms with Gasteiger partial charge >= 0.3 is 5.69 Å². The topological polar surface area (TPSA) is 43.1 Å². The fraction of sp³-hybridized carbons (Fsp3) is 0.407. The van der Waals surface area contributed by atoms with Crippen molar-refractivity contribution in [2.45, 2.75) is 50.7 Å². The van der Waals surface area contributed by atoms with Gasteiger partial charge in [0.25, 0.3) is 0 Å². The summed E-state index contributed by atoms with van der Waals surface area (Å²) < 4.78 is 4.00. The second-order valence-corrected chi connectivity index (χ2v) is 9.90. The zero-order chi connectivity index (χ0) is 21.2. The molecule has 1 saturated carbocycles. The van der Waals surface area contributed by atoms with Crippen LogP contribution in [0.2, 0.25) is 0 Å². The van der Waals surface area contributed by atoms with Gasteiger partial charge in [-0.2, -0.15) is 0 Å². The lowest BCUT2D eigenvalue weighted by molar-refractivity contribution is 0.137. The van der Waals surface area contributed by atoms with Gasteiger partial charge in [-0.15, -0.1) is 0 Å². The van der Waals surface area contributed by atoms with Gasteiger partial charge in [0.1, 0.15) is 0 Å². The van der Waals surface area contributed by atoms with Gasteiger partial charge in [-0.3, -0.25) is 14.0 Å². The number of hydrogen-bond acceptors (Lipinski definition) is 3. The highest BCUT2D eigenvalue weighted by Crippen LogP contribution is 2.42. The van der Waals surface area contributed by atoms with Gasteiger partial charge in [0, 0.05) is 37.9 Å². The normalized spacial score (nSPS) is 21.7. The van der Waals surface area contributed by atoms with Crippen molar-refractivity contribution in [3.05, 3.63) is 76.3 Å². The van der Waals surface area contributed by atoms with Crippen molar-refractivity contribution in [3.8, 4) is 0 Å². The van der Waals surface area contributed by atoms with Crippen LogP contribution in [0.5, 0.6) is 0 Å². The molecule has 0 amide bonds. The van der Waals surface area contributed by atoms with Crippen LogP contribution in [0.4, 0.5) is 0 Å². The van der Waals surface area contributed by atoms with Crippen LogP contribution in [-0.4, -0.2) is 32.1 Å². The fourth-order valence-electron chi connectivity index (χ4n) is 6.18. The maximum atomic E-state index is 13.4. The molecule has 2 aromatic heterocycles. The van der Waals surface area contributed by atoms with Gasteiger partial charge in [-0.1, -0.05) is 36.4 Å². The monoisotopic (exact) mass is 424 g/mol. The van der Waals surface area contributed by atoms with Crippen LogP contribution < -0.4 is 5.69 Å². The maximum absolute atomic E-state index is 13.4. The van der Waals surface area contributed by atoms with E-state index in [9.17, 15) is 4.79 Å². The van der Waals surface area contributed by atoms with Crippen LogP contribution >= 0.6 is 0 Å². The first-order valence-corrected chi connectivity index (χ1v) is 12.1. The SMILES string of the molecule is O=c1n(CC2CC2)c2ncccc2n1C1CCN(C2Cc3cccc4cccc2c34)CC1. The van der Waals surface area contributed by atoms with Crippen molar-refractivity contribution in [2.24, 2.45) is 5.92 Å². The molecule has 0 spiro atoms. The number of rotatable bonds is 4. The molecule has 1 aliphatic heterocycles. The summed E-state index contributed by atoms with van der Waals surface area (Å²) in [5.41, 5.74) is 4.98. The highest BCUT2D eigenvalue weighted by Gasteiger charge is 2.33. The third-order valence-corrected chi connectivity index (χ3v) is 7.96. The highest BCUT2D eigenvalue weighted by atomic mass is 16.1. The Morgan fingerprint density at radius 1 is 0.938 bits per heavy atom. The summed E-state index contributed by atoms with van der Waals surface area (Å²) in [6.45, 7) is 2.88. The summed E-state index contributed by atoms with van der Waals surface area (Å²) in [6.07, 6.45) is 7.42. The van der Waals surface area contributed by atoms with Gasteiger partial charge in [0.15, 0.2) is 5.65 Å². The molecule has 1 saturated heterocycles. The second kappa shape index (κ2) is 7.04. The molecular formula is C27H28N4O. The Kier molecular flexibility index (Phi) is 4.10. The van der Waals surface area contributed by atoms with Crippen LogP contribution in [0, 0.1) is 5.92 Å². The number of hydrogen-bond donors (Lipinski definition) is 0. The van der Waals surface area contributed by atoms with Gasteiger partial charge in [0.2, 0.25) is 0 Å². The van der Waals surface area contributed by atoms with E-state index in [2.05, 4.69) is 56.9 Å². The van der Waals surface area contributed by atoms with Gasteiger partial charge in [0.05, 0.1) is 5.52 Å². The Bertz CT molecular complexity index is 1380. The van der Waals surface area contributed by atoms with E-state index in [1.807, 2.05) is 16.8 Å². The number of imidazole rings is 1. The number of likely N-dealkylation sites (tertiary alicyclic amines) is 1. The standard InChI is InChI=1S/C27H28N4O/c32-27-30(17-18-9-10-18)26-23(8-3-13-28-26)31(27)21-11-14-29(15-12-21)24-16-20-6-1-4-19-5-2-7-22(24)25(19)20/h1-8,13,18,21,24H,9-12,14-17H2. The quantitative estimate of drug-likeness (QED) is 0.477. The smallest absolute Gasteiger partial charge is 0.296 e. The van der Waals surface area contributed by atoms with E-state index in [1.54, 1.807) is 0 Å². The minimum absolute atomic E-state index is 0.141. The molecule has 7 rings (SSSR count). The summed E-state index contributed by atoms with van der Waals surface area (Å²) in [4.78, 5) is 20.7. The zero-order valence-electron chi connectivity index (χ0n) is 18.3. The lowest BCUT2D eigenvalue weighted by atomic mass is 9.99. The third kappa shape index (κ3) is 2.80. The number of nitrogens with zero attached hydrogens (tertiary/aromatic N) is 4. The average molecular weight is 425 g/mol. The second-order valence-electron chi connectivity index (χ2n) is 9.90.